The SMILES string of the molecule is CCC/C=C\c1c(C)cccc1Nc1nc(N[C@H](c2ccccc2F)[C@H](C)NC(=O)OC(C)(C)C)c(F)cc1C#N. The maximum Gasteiger partial charge on any atom is 0.407 e. The van der Waals surface area contributed by atoms with E-state index >= 15 is 4.39 Å². The standard InChI is InChI=1S/C32H37F2N5O2/c1-7-8-9-14-23-20(2)13-12-17-27(23)37-29-22(19-35)18-26(34)30(39-29)38-28(24-15-10-11-16-25(24)33)21(3)36-31(40)41-32(4,5)6/h9-18,21,28H,7-8H2,1-6H3,(H,36,40)(H2,37,38,39)/b14-9-/t21-,28-/m0/s1. The Balaban J connectivity index is 2.01. The molecule has 0 saturated heterocycles. The van der Waals surface area contributed by atoms with Gasteiger partial charge in [-0.1, -0.05) is 55.8 Å². The van der Waals surface area contributed by atoms with Gasteiger partial charge in [0, 0.05) is 16.8 Å². The Hall–Kier alpha value is -4.45. The fraction of sp³-hybridized carbons (Fsp3) is 0.344. The van der Waals surface area contributed by atoms with E-state index in [9.17, 15) is 14.4 Å². The number of aryl methyl sites for hydroxylation is 1. The first-order valence-corrected chi connectivity index (χ1v) is 13.6. The number of aromatic nitrogens is 1. The second-order valence-corrected chi connectivity index (χ2v) is 10.8. The van der Waals surface area contributed by atoms with Crippen molar-refractivity contribution < 1.29 is 18.3 Å². The molecule has 3 rings (SSSR count). The molecular formula is C32H37F2N5O2. The van der Waals surface area contributed by atoms with Crippen LogP contribution in [0.2, 0.25) is 0 Å². The van der Waals surface area contributed by atoms with Crippen molar-refractivity contribution in [3.63, 3.8) is 0 Å². The highest BCUT2D eigenvalue weighted by molar-refractivity contribution is 5.75. The molecule has 0 fully saturated rings. The molecule has 0 aliphatic rings. The number of amides is 1. The van der Waals surface area contributed by atoms with Gasteiger partial charge in [0.15, 0.2) is 17.5 Å². The Morgan fingerprint density at radius 1 is 1.12 bits per heavy atom. The number of nitriles is 1. The lowest BCUT2D eigenvalue weighted by molar-refractivity contribution is 0.0503. The minimum atomic E-state index is -0.932. The molecule has 1 amide bonds. The second kappa shape index (κ2) is 13.8. The minimum absolute atomic E-state index is 0.000383. The third-order valence-electron chi connectivity index (χ3n) is 6.19. The maximum absolute atomic E-state index is 15.3. The normalized spacial score (nSPS) is 12.9. The van der Waals surface area contributed by atoms with E-state index in [4.69, 9.17) is 4.74 Å². The fourth-order valence-electron chi connectivity index (χ4n) is 4.20. The summed E-state index contributed by atoms with van der Waals surface area (Å²) in [6.07, 6.45) is 5.29. The molecule has 7 nitrogen and oxygen atoms in total. The van der Waals surface area contributed by atoms with Crippen molar-refractivity contribution in [2.24, 2.45) is 0 Å². The van der Waals surface area contributed by atoms with Gasteiger partial charge in [0.1, 0.15) is 17.5 Å². The number of hydrogen-bond acceptors (Lipinski definition) is 6. The number of ether oxygens (including phenoxy) is 1. The molecule has 3 N–H and O–H groups in total. The van der Waals surface area contributed by atoms with E-state index in [1.54, 1.807) is 45.9 Å². The number of anilines is 3. The predicted octanol–water partition coefficient (Wildman–Crippen LogP) is 8.16. The van der Waals surface area contributed by atoms with Gasteiger partial charge in [-0.25, -0.2) is 18.6 Å². The molecule has 41 heavy (non-hydrogen) atoms. The van der Waals surface area contributed by atoms with Gasteiger partial charge in [0.2, 0.25) is 0 Å². The van der Waals surface area contributed by atoms with Crippen LogP contribution < -0.4 is 16.0 Å². The first kappa shape index (κ1) is 31.1. The quantitative estimate of drug-likeness (QED) is 0.231. The van der Waals surface area contributed by atoms with Crippen LogP contribution >= 0.6 is 0 Å². The van der Waals surface area contributed by atoms with Crippen LogP contribution in [0.15, 0.2) is 54.6 Å². The molecule has 0 unspecified atom stereocenters. The lowest BCUT2D eigenvalue weighted by atomic mass is 9.99. The molecule has 1 aromatic heterocycles. The highest BCUT2D eigenvalue weighted by Gasteiger charge is 2.28. The summed E-state index contributed by atoms with van der Waals surface area (Å²) < 4.78 is 35.6. The van der Waals surface area contributed by atoms with Crippen molar-refractivity contribution in [2.75, 3.05) is 10.6 Å². The molecule has 3 aromatic rings. The number of rotatable bonds is 10. The Morgan fingerprint density at radius 2 is 1.85 bits per heavy atom. The number of hydrogen-bond donors (Lipinski definition) is 3. The van der Waals surface area contributed by atoms with Crippen molar-refractivity contribution in [1.29, 1.82) is 5.26 Å². The van der Waals surface area contributed by atoms with Crippen molar-refractivity contribution in [2.45, 2.75) is 72.1 Å². The number of alkyl carbamates (subject to hydrolysis) is 1. The highest BCUT2D eigenvalue weighted by Crippen LogP contribution is 2.31. The van der Waals surface area contributed by atoms with Crippen LogP contribution in [-0.4, -0.2) is 22.7 Å². The molecule has 2 atom stereocenters. The highest BCUT2D eigenvalue weighted by atomic mass is 19.1. The van der Waals surface area contributed by atoms with Crippen molar-refractivity contribution >= 4 is 29.5 Å². The van der Waals surface area contributed by atoms with Gasteiger partial charge in [-0.15, -0.1) is 0 Å². The smallest absolute Gasteiger partial charge is 0.407 e. The first-order chi connectivity index (χ1) is 19.4. The summed E-state index contributed by atoms with van der Waals surface area (Å²) in [6.45, 7) is 10.9. The van der Waals surface area contributed by atoms with Gasteiger partial charge in [0.05, 0.1) is 17.6 Å². The maximum atomic E-state index is 15.3. The number of benzene rings is 2. The average molecular weight is 562 g/mol. The number of carbonyl (C=O) groups is 1. The van der Waals surface area contributed by atoms with Gasteiger partial charge in [-0.2, -0.15) is 5.26 Å². The molecule has 0 aliphatic carbocycles. The topological polar surface area (TPSA) is 99.1 Å². The van der Waals surface area contributed by atoms with Crippen LogP contribution in [0.5, 0.6) is 0 Å². The lowest BCUT2D eigenvalue weighted by Crippen LogP contribution is -2.43. The summed E-state index contributed by atoms with van der Waals surface area (Å²) in [5.41, 5.74) is 2.09. The van der Waals surface area contributed by atoms with E-state index in [2.05, 4.69) is 33.9 Å². The van der Waals surface area contributed by atoms with Gasteiger partial charge in [0.25, 0.3) is 0 Å². The molecule has 1 heterocycles. The van der Waals surface area contributed by atoms with Gasteiger partial charge in [-0.3, -0.25) is 0 Å². The number of carbonyl (C=O) groups excluding carboxylic acids is 1. The van der Waals surface area contributed by atoms with Gasteiger partial charge in [-0.05, 0) is 64.8 Å². The lowest BCUT2D eigenvalue weighted by Gasteiger charge is -2.29. The summed E-state index contributed by atoms with van der Waals surface area (Å²) in [4.78, 5) is 16.9. The summed E-state index contributed by atoms with van der Waals surface area (Å²) in [5, 5.41) is 18.6. The molecule has 0 radical (unpaired) electrons. The van der Waals surface area contributed by atoms with Crippen LogP contribution in [0.1, 0.15) is 75.8 Å². The Labute approximate surface area is 240 Å². The molecular weight excluding hydrogens is 524 g/mol. The molecule has 0 bridgehead atoms. The molecule has 0 aliphatic heterocycles. The molecule has 216 valence electrons. The Bertz CT molecular complexity index is 1440. The first-order valence-electron chi connectivity index (χ1n) is 13.6. The van der Waals surface area contributed by atoms with E-state index in [1.165, 1.54) is 6.07 Å². The Morgan fingerprint density at radius 3 is 2.51 bits per heavy atom. The zero-order valence-corrected chi connectivity index (χ0v) is 24.3. The number of pyridine rings is 1. The van der Waals surface area contributed by atoms with Crippen LogP contribution in [0.3, 0.4) is 0 Å². The van der Waals surface area contributed by atoms with Crippen molar-refractivity contribution in [3.05, 3.63) is 88.5 Å². The van der Waals surface area contributed by atoms with E-state index in [-0.39, 0.29) is 22.8 Å². The average Bonchev–Trinajstić information content (AvgIpc) is 2.89. The van der Waals surface area contributed by atoms with Crippen LogP contribution in [-0.2, 0) is 4.74 Å². The molecule has 0 saturated carbocycles. The fourth-order valence-corrected chi connectivity index (χ4v) is 4.20. The van der Waals surface area contributed by atoms with E-state index in [1.807, 2.05) is 37.3 Å². The van der Waals surface area contributed by atoms with E-state index in [0.29, 0.717) is 5.69 Å². The van der Waals surface area contributed by atoms with Crippen molar-refractivity contribution in [3.8, 4) is 6.07 Å². The number of allylic oxidation sites excluding steroid dienone is 1. The van der Waals surface area contributed by atoms with Crippen molar-refractivity contribution in [1.82, 2.24) is 10.3 Å². The predicted molar refractivity (Wildman–Crippen MR) is 159 cm³/mol. The summed E-state index contributed by atoms with van der Waals surface area (Å²) in [7, 11) is 0. The van der Waals surface area contributed by atoms with Crippen LogP contribution in [0, 0.1) is 29.9 Å². The number of unbranched alkanes of at least 4 members (excludes halogenated alkanes) is 1. The largest absolute Gasteiger partial charge is 0.444 e. The summed E-state index contributed by atoms with van der Waals surface area (Å²) in [5.74, 6) is -1.43. The van der Waals surface area contributed by atoms with Crippen LogP contribution in [0.25, 0.3) is 6.08 Å². The number of nitrogens with zero attached hydrogens (tertiary/aromatic N) is 2. The second-order valence-electron chi connectivity index (χ2n) is 10.8. The molecule has 2 aromatic carbocycles. The molecule has 9 heteroatoms. The zero-order valence-electron chi connectivity index (χ0n) is 24.3. The Kier molecular flexibility index (Phi) is 10.4. The zero-order chi connectivity index (χ0) is 30.2. The summed E-state index contributed by atoms with van der Waals surface area (Å²) >= 11 is 0. The monoisotopic (exact) mass is 561 g/mol. The number of nitrogens with one attached hydrogen (secondary N) is 3. The third kappa shape index (κ3) is 8.52. The minimum Gasteiger partial charge on any atom is -0.444 e. The van der Waals surface area contributed by atoms with E-state index < -0.39 is 35.4 Å². The number of halogens is 2. The van der Waals surface area contributed by atoms with Gasteiger partial charge < -0.3 is 20.7 Å². The van der Waals surface area contributed by atoms with Gasteiger partial charge >= 0.3 is 6.09 Å². The molecule has 0 spiro atoms. The van der Waals surface area contributed by atoms with E-state index in [0.717, 1.165) is 30.0 Å². The third-order valence-corrected chi connectivity index (χ3v) is 6.19. The summed E-state index contributed by atoms with van der Waals surface area (Å²) in [6, 6.07) is 13.1. The van der Waals surface area contributed by atoms with Crippen LogP contribution in [0.4, 0.5) is 30.9 Å².